The minimum atomic E-state index is -0.268. The van der Waals surface area contributed by atoms with Crippen molar-refractivity contribution in [3.63, 3.8) is 0 Å². The van der Waals surface area contributed by atoms with Crippen LogP contribution < -0.4 is 20.5 Å². The predicted molar refractivity (Wildman–Crippen MR) is 94.4 cm³/mol. The highest BCUT2D eigenvalue weighted by Gasteiger charge is 2.34. The van der Waals surface area contributed by atoms with Crippen LogP contribution in [0.25, 0.3) is 11.5 Å². The van der Waals surface area contributed by atoms with Crippen LogP contribution in [0.3, 0.4) is 0 Å². The standard InChI is InChI=1S/C19H21N5O2/c20-11-15-13-3-1-4-14(13)18(16-5-2-10-26-16)22-19(15)24-8-6-23(7-9-24)12-17(21)25/h2,5,10H,1,3-4,6-9,12H2,(H2,21,25)/p+2. The van der Waals surface area contributed by atoms with Crippen LogP contribution in [0.1, 0.15) is 23.1 Å². The number of anilines is 1. The summed E-state index contributed by atoms with van der Waals surface area (Å²) in [4.78, 5) is 18.1. The monoisotopic (exact) mass is 353 g/mol. The molecule has 0 unspecified atom stereocenters. The maximum absolute atomic E-state index is 11.2. The lowest BCUT2D eigenvalue weighted by Crippen LogP contribution is -3.15. The summed E-state index contributed by atoms with van der Waals surface area (Å²) >= 11 is 0. The first kappa shape index (κ1) is 16.6. The second-order valence-electron chi connectivity index (χ2n) is 7.00. The SMILES string of the molecule is N#Cc1c(N2CC[NH+](CC(N)=O)CC2)[nH+]c(-c2ccco2)c2c1CCC2. The molecule has 0 aromatic carbocycles. The molecular weight excluding hydrogens is 330 g/mol. The number of hydrogen-bond acceptors (Lipinski definition) is 4. The number of nitrogens with one attached hydrogen (secondary N) is 2. The minimum Gasteiger partial charge on any atom is -0.461 e. The highest BCUT2D eigenvalue weighted by Crippen LogP contribution is 2.34. The molecule has 1 aliphatic heterocycles. The Labute approximate surface area is 152 Å². The zero-order valence-corrected chi connectivity index (χ0v) is 14.7. The second kappa shape index (κ2) is 6.81. The minimum absolute atomic E-state index is 0.268. The van der Waals surface area contributed by atoms with E-state index >= 15 is 0 Å². The van der Waals surface area contributed by atoms with E-state index < -0.39 is 0 Å². The number of quaternary nitrogens is 1. The van der Waals surface area contributed by atoms with Crippen molar-refractivity contribution in [3.8, 4) is 17.5 Å². The summed E-state index contributed by atoms with van der Waals surface area (Å²) in [6.07, 6.45) is 4.63. The average molecular weight is 353 g/mol. The number of pyridine rings is 1. The number of furan rings is 1. The van der Waals surface area contributed by atoms with Crippen molar-refractivity contribution < 1.29 is 19.1 Å². The fourth-order valence-electron chi connectivity index (χ4n) is 4.15. The molecule has 1 amide bonds. The molecule has 1 aliphatic carbocycles. The van der Waals surface area contributed by atoms with Crippen molar-refractivity contribution in [2.75, 3.05) is 37.6 Å². The van der Waals surface area contributed by atoms with E-state index in [1.807, 2.05) is 12.1 Å². The lowest BCUT2D eigenvalue weighted by atomic mass is 10.0. The molecule has 7 heteroatoms. The van der Waals surface area contributed by atoms with Crippen molar-refractivity contribution in [1.82, 2.24) is 0 Å². The van der Waals surface area contributed by atoms with Gasteiger partial charge in [0.25, 0.3) is 11.7 Å². The van der Waals surface area contributed by atoms with Gasteiger partial charge in [-0.1, -0.05) is 0 Å². The van der Waals surface area contributed by atoms with Crippen LogP contribution in [0.5, 0.6) is 0 Å². The molecule has 1 fully saturated rings. The van der Waals surface area contributed by atoms with Gasteiger partial charge in [-0.2, -0.15) is 5.26 Å². The maximum atomic E-state index is 11.2. The summed E-state index contributed by atoms with van der Waals surface area (Å²) < 4.78 is 5.63. The lowest BCUT2D eigenvalue weighted by Gasteiger charge is -2.28. The first-order valence-corrected chi connectivity index (χ1v) is 9.09. The number of aromatic amines is 1. The predicted octanol–water partition coefficient (Wildman–Crippen LogP) is -0.689. The molecule has 26 heavy (non-hydrogen) atoms. The zero-order chi connectivity index (χ0) is 18.1. The van der Waals surface area contributed by atoms with E-state index in [0.29, 0.717) is 6.54 Å². The number of fused-ring (bicyclic) bond motifs is 1. The van der Waals surface area contributed by atoms with Crippen LogP contribution in [0, 0.1) is 11.3 Å². The molecule has 4 rings (SSSR count). The van der Waals surface area contributed by atoms with Crippen LogP contribution in [-0.4, -0.2) is 38.6 Å². The van der Waals surface area contributed by atoms with Gasteiger partial charge < -0.3 is 15.1 Å². The number of H-pyrrole nitrogens is 1. The number of rotatable bonds is 4. The third-order valence-corrected chi connectivity index (χ3v) is 5.39. The number of amides is 1. The molecule has 7 nitrogen and oxygen atoms in total. The van der Waals surface area contributed by atoms with Crippen LogP contribution >= 0.6 is 0 Å². The van der Waals surface area contributed by atoms with Crippen molar-refractivity contribution >= 4 is 11.7 Å². The molecule has 0 atom stereocenters. The fraction of sp³-hybridized carbons (Fsp3) is 0.421. The summed E-state index contributed by atoms with van der Waals surface area (Å²) in [5.74, 6) is 1.42. The van der Waals surface area contributed by atoms with Gasteiger partial charge in [-0.05, 0) is 37.0 Å². The molecule has 2 aliphatic rings. The van der Waals surface area contributed by atoms with E-state index in [1.165, 1.54) is 10.5 Å². The first-order chi connectivity index (χ1) is 12.7. The number of nitrogens with zero attached hydrogens (tertiary/aromatic N) is 2. The molecule has 3 heterocycles. The first-order valence-electron chi connectivity index (χ1n) is 9.09. The fourth-order valence-corrected chi connectivity index (χ4v) is 4.15. The van der Waals surface area contributed by atoms with Crippen LogP contribution in [0.4, 0.5) is 5.82 Å². The van der Waals surface area contributed by atoms with E-state index in [9.17, 15) is 10.1 Å². The van der Waals surface area contributed by atoms with Crippen molar-refractivity contribution in [3.05, 3.63) is 35.1 Å². The number of carbonyl (C=O) groups excluding carboxylic acids is 1. The molecule has 4 N–H and O–H groups in total. The van der Waals surface area contributed by atoms with Crippen LogP contribution in [-0.2, 0) is 17.6 Å². The Bertz CT molecular complexity index is 861. The number of primary amides is 1. The van der Waals surface area contributed by atoms with E-state index in [-0.39, 0.29) is 5.91 Å². The van der Waals surface area contributed by atoms with Gasteiger partial charge >= 0.3 is 0 Å². The largest absolute Gasteiger partial charge is 0.461 e. The molecular formula is C19H23N5O2+2. The van der Waals surface area contributed by atoms with Gasteiger partial charge in [0.15, 0.2) is 18.0 Å². The highest BCUT2D eigenvalue weighted by molar-refractivity contribution is 5.74. The number of piperazine rings is 1. The van der Waals surface area contributed by atoms with Crippen molar-refractivity contribution in [2.24, 2.45) is 5.73 Å². The van der Waals surface area contributed by atoms with Gasteiger partial charge in [-0.25, -0.2) is 9.88 Å². The topological polar surface area (TPSA) is 102 Å². The number of carbonyl (C=O) groups is 1. The smallest absolute Gasteiger partial charge is 0.293 e. The normalized spacial score (nSPS) is 17.1. The summed E-state index contributed by atoms with van der Waals surface area (Å²) in [5, 5.41) is 9.82. The van der Waals surface area contributed by atoms with Crippen molar-refractivity contribution in [1.29, 1.82) is 5.26 Å². The van der Waals surface area contributed by atoms with Gasteiger partial charge in [-0.3, -0.25) is 4.79 Å². The molecule has 0 saturated carbocycles. The number of nitrogens with two attached hydrogens (primary N) is 1. The molecule has 134 valence electrons. The Kier molecular flexibility index (Phi) is 4.35. The van der Waals surface area contributed by atoms with E-state index in [2.05, 4.69) is 16.0 Å². The van der Waals surface area contributed by atoms with E-state index in [1.54, 1.807) is 6.26 Å². The lowest BCUT2D eigenvalue weighted by molar-refractivity contribution is -0.892. The summed E-state index contributed by atoms with van der Waals surface area (Å²) in [6.45, 7) is 3.59. The second-order valence-corrected chi connectivity index (χ2v) is 7.00. The molecule has 2 aromatic heterocycles. The summed E-state index contributed by atoms with van der Waals surface area (Å²) in [7, 11) is 0. The molecule has 0 radical (unpaired) electrons. The van der Waals surface area contributed by atoms with Crippen LogP contribution in [0.15, 0.2) is 22.8 Å². The van der Waals surface area contributed by atoms with Gasteiger partial charge in [0, 0.05) is 5.56 Å². The Morgan fingerprint density at radius 2 is 2.12 bits per heavy atom. The van der Waals surface area contributed by atoms with E-state index in [0.717, 1.165) is 73.8 Å². The number of aromatic nitrogens is 1. The molecule has 1 saturated heterocycles. The maximum Gasteiger partial charge on any atom is 0.293 e. The van der Waals surface area contributed by atoms with Crippen molar-refractivity contribution in [2.45, 2.75) is 19.3 Å². The number of hydrogen-bond donors (Lipinski definition) is 2. The number of nitriles is 1. The molecule has 0 bridgehead atoms. The Balaban J connectivity index is 1.69. The van der Waals surface area contributed by atoms with Gasteiger partial charge in [0.2, 0.25) is 0 Å². The molecule has 2 aromatic rings. The van der Waals surface area contributed by atoms with Gasteiger partial charge in [-0.15, -0.1) is 0 Å². The average Bonchev–Trinajstić information content (AvgIpc) is 3.32. The Hall–Kier alpha value is -2.85. The quantitative estimate of drug-likeness (QED) is 0.760. The third-order valence-electron chi connectivity index (χ3n) is 5.39. The zero-order valence-electron chi connectivity index (χ0n) is 14.7. The highest BCUT2D eigenvalue weighted by atomic mass is 16.3. The third kappa shape index (κ3) is 2.93. The van der Waals surface area contributed by atoms with Gasteiger partial charge in [0.1, 0.15) is 37.8 Å². The summed E-state index contributed by atoms with van der Waals surface area (Å²) in [6, 6.07) is 6.26. The summed E-state index contributed by atoms with van der Waals surface area (Å²) in [5.41, 5.74) is 9.42. The van der Waals surface area contributed by atoms with E-state index in [4.69, 9.17) is 10.2 Å². The Morgan fingerprint density at radius 1 is 1.35 bits per heavy atom. The molecule has 0 spiro atoms. The van der Waals surface area contributed by atoms with Gasteiger partial charge in [0.05, 0.1) is 6.26 Å². The van der Waals surface area contributed by atoms with Crippen LogP contribution in [0.2, 0.25) is 0 Å². The Morgan fingerprint density at radius 3 is 2.77 bits per heavy atom.